The maximum absolute atomic E-state index is 10.3. The summed E-state index contributed by atoms with van der Waals surface area (Å²) < 4.78 is 10.2. The van der Waals surface area contributed by atoms with Gasteiger partial charge in [-0.15, -0.1) is 0 Å². The third-order valence-electron chi connectivity index (χ3n) is 3.36. The van der Waals surface area contributed by atoms with Crippen LogP contribution in [0.25, 0.3) is 11.1 Å². The second-order valence-electron chi connectivity index (χ2n) is 4.70. The van der Waals surface area contributed by atoms with E-state index in [9.17, 15) is 20.4 Å². The minimum Gasteiger partial charge on any atom is -0.504 e. The van der Waals surface area contributed by atoms with Crippen molar-refractivity contribution in [2.75, 3.05) is 14.2 Å². The van der Waals surface area contributed by atoms with E-state index in [1.165, 1.54) is 38.5 Å². The van der Waals surface area contributed by atoms with Crippen molar-refractivity contribution in [3.05, 3.63) is 35.4 Å². The quantitative estimate of drug-likeness (QED) is 0.672. The lowest BCUT2D eigenvalue weighted by Gasteiger charge is -2.15. The predicted octanol–water partition coefficient (Wildman–Crippen LogP) is 1.77. The molecule has 0 unspecified atom stereocenters. The van der Waals surface area contributed by atoms with E-state index in [1.54, 1.807) is 0 Å². The van der Waals surface area contributed by atoms with Crippen LogP contribution in [0.2, 0.25) is 0 Å². The molecule has 22 heavy (non-hydrogen) atoms. The van der Waals surface area contributed by atoms with Crippen LogP contribution in [-0.2, 0) is 13.2 Å². The highest BCUT2D eigenvalue weighted by atomic mass is 16.5. The zero-order valence-electron chi connectivity index (χ0n) is 12.3. The molecular formula is C16H18O6. The highest BCUT2D eigenvalue weighted by molar-refractivity contribution is 5.81. The minimum absolute atomic E-state index is 0.174. The molecule has 0 aliphatic carbocycles. The Hall–Kier alpha value is -2.44. The van der Waals surface area contributed by atoms with Gasteiger partial charge < -0.3 is 29.9 Å². The zero-order chi connectivity index (χ0) is 16.3. The van der Waals surface area contributed by atoms with Gasteiger partial charge in [-0.25, -0.2) is 0 Å². The van der Waals surface area contributed by atoms with Crippen LogP contribution in [0.4, 0.5) is 0 Å². The number of benzene rings is 2. The number of rotatable bonds is 5. The maximum atomic E-state index is 10.3. The Labute approximate surface area is 127 Å². The fourth-order valence-corrected chi connectivity index (χ4v) is 2.23. The second-order valence-corrected chi connectivity index (χ2v) is 4.70. The summed E-state index contributed by atoms with van der Waals surface area (Å²) in [7, 11) is 2.79. The molecule has 6 nitrogen and oxygen atoms in total. The zero-order valence-corrected chi connectivity index (χ0v) is 12.3. The second kappa shape index (κ2) is 6.55. The van der Waals surface area contributed by atoms with E-state index < -0.39 is 0 Å². The van der Waals surface area contributed by atoms with Crippen molar-refractivity contribution in [3.63, 3.8) is 0 Å². The lowest BCUT2D eigenvalue weighted by Crippen LogP contribution is -1.95. The van der Waals surface area contributed by atoms with Crippen molar-refractivity contribution in [2.45, 2.75) is 13.2 Å². The normalized spacial score (nSPS) is 10.5. The molecule has 0 radical (unpaired) electrons. The van der Waals surface area contributed by atoms with Crippen molar-refractivity contribution in [1.29, 1.82) is 0 Å². The van der Waals surface area contributed by atoms with Gasteiger partial charge in [0.2, 0.25) is 0 Å². The Kier molecular flexibility index (Phi) is 4.75. The van der Waals surface area contributed by atoms with Crippen LogP contribution in [0, 0.1) is 0 Å². The fourth-order valence-electron chi connectivity index (χ4n) is 2.23. The first-order valence-corrected chi connectivity index (χ1v) is 6.57. The molecule has 118 valence electrons. The van der Waals surface area contributed by atoms with E-state index >= 15 is 0 Å². The maximum Gasteiger partial charge on any atom is 0.165 e. The van der Waals surface area contributed by atoms with E-state index in [0.717, 1.165) is 0 Å². The standard InChI is InChI=1S/C16H18O6/c1-21-13-5-9(7-17)3-11(15(13)19)12-4-10(8-18)6-14(22-2)16(12)20/h3-6,17-20H,7-8H2,1-2H3. The smallest absolute Gasteiger partial charge is 0.165 e. The molecule has 0 aliphatic rings. The largest absolute Gasteiger partial charge is 0.504 e. The Morgan fingerprint density at radius 3 is 1.36 bits per heavy atom. The molecule has 2 aromatic carbocycles. The van der Waals surface area contributed by atoms with Gasteiger partial charge in [0.1, 0.15) is 0 Å². The third kappa shape index (κ3) is 2.79. The van der Waals surface area contributed by atoms with E-state index in [4.69, 9.17) is 9.47 Å². The van der Waals surface area contributed by atoms with E-state index in [2.05, 4.69) is 0 Å². The van der Waals surface area contributed by atoms with E-state index in [1.807, 2.05) is 0 Å². The summed E-state index contributed by atoms with van der Waals surface area (Å²) in [6.45, 7) is -0.498. The number of hydrogen-bond acceptors (Lipinski definition) is 6. The number of aliphatic hydroxyl groups excluding tert-OH is 2. The number of aliphatic hydroxyl groups is 2. The molecule has 0 atom stereocenters. The van der Waals surface area contributed by atoms with Crippen LogP contribution in [0.15, 0.2) is 24.3 Å². The Morgan fingerprint density at radius 1 is 0.727 bits per heavy atom. The summed E-state index contributed by atoms with van der Waals surface area (Å²) in [5.41, 5.74) is 1.57. The summed E-state index contributed by atoms with van der Waals surface area (Å²) in [6, 6.07) is 6.08. The van der Waals surface area contributed by atoms with Crippen molar-refractivity contribution >= 4 is 0 Å². The van der Waals surface area contributed by atoms with Crippen LogP contribution in [0.3, 0.4) is 0 Å². The van der Waals surface area contributed by atoms with Gasteiger partial charge >= 0.3 is 0 Å². The predicted molar refractivity (Wildman–Crippen MR) is 80.2 cm³/mol. The van der Waals surface area contributed by atoms with Crippen LogP contribution < -0.4 is 9.47 Å². The lowest BCUT2D eigenvalue weighted by molar-refractivity contribution is 0.280. The highest BCUT2D eigenvalue weighted by Gasteiger charge is 2.18. The van der Waals surface area contributed by atoms with Gasteiger partial charge in [0.15, 0.2) is 23.0 Å². The number of phenolic OH excluding ortho intramolecular Hbond substituents is 2. The SMILES string of the molecule is COc1cc(CO)cc(-c2cc(CO)cc(OC)c2O)c1O. The summed E-state index contributed by atoms with van der Waals surface area (Å²) >= 11 is 0. The molecule has 0 saturated heterocycles. The number of ether oxygens (including phenoxy) is 2. The first kappa shape index (κ1) is 15.9. The Morgan fingerprint density at radius 2 is 1.09 bits per heavy atom. The Bertz CT molecular complexity index is 621. The number of phenols is 2. The van der Waals surface area contributed by atoms with Gasteiger partial charge in [-0.3, -0.25) is 0 Å². The summed E-state index contributed by atoms with van der Waals surface area (Å²) in [5, 5.41) is 39.2. The monoisotopic (exact) mass is 306 g/mol. The van der Waals surface area contributed by atoms with Crippen molar-refractivity contribution in [2.24, 2.45) is 0 Å². The molecule has 0 spiro atoms. The minimum atomic E-state index is -0.249. The molecule has 0 fully saturated rings. The summed E-state index contributed by atoms with van der Waals surface area (Å²) in [6.07, 6.45) is 0. The molecule has 0 bridgehead atoms. The first-order chi connectivity index (χ1) is 10.5. The molecule has 2 aromatic rings. The highest BCUT2D eigenvalue weighted by Crippen LogP contribution is 2.45. The molecule has 6 heteroatoms. The molecule has 0 amide bonds. The molecule has 0 aliphatic heterocycles. The Balaban J connectivity index is 2.75. The van der Waals surface area contributed by atoms with Gasteiger partial charge in [0.05, 0.1) is 27.4 Å². The van der Waals surface area contributed by atoms with Gasteiger partial charge in [0, 0.05) is 11.1 Å². The average molecular weight is 306 g/mol. The van der Waals surface area contributed by atoms with Crippen LogP contribution in [0.1, 0.15) is 11.1 Å². The van der Waals surface area contributed by atoms with Gasteiger partial charge in [-0.2, -0.15) is 0 Å². The number of aromatic hydroxyl groups is 2. The molecule has 0 heterocycles. The lowest BCUT2D eigenvalue weighted by atomic mass is 9.98. The molecule has 2 rings (SSSR count). The fraction of sp³-hybridized carbons (Fsp3) is 0.250. The van der Waals surface area contributed by atoms with Gasteiger partial charge in [-0.05, 0) is 35.4 Å². The van der Waals surface area contributed by atoms with Gasteiger partial charge in [0.25, 0.3) is 0 Å². The van der Waals surface area contributed by atoms with E-state index in [-0.39, 0.29) is 47.3 Å². The molecule has 0 aromatic heterocycles. The molecule has 4 N–H and O–H groups in total. The van der Waals surface area contributed by atoms with E-state index in [0.29, 0.717) is 11.1 Å². The van der Waals surface area contributed by atoms with Crippen molar-refractivity contribution < 1.29 is 29.9 Å². The van der Waals surface area contributed by atoms with Crippen molar-refractivity contribution in [3.8, 4) is 34.1 Å². The third-order valence-corrected chi connectivity index (χ3v) is 3.36. The van der Waals surface area contributed by atoms with Crippen molar-refractivity contribution in [1.82, 2.24) is 0 Å². The van der Waals surface area contributed by atoms with Gasteiger partial charge in [-0.1, -0.05) is 0 Å². The van der Waals surface area contributed by atoms with Crippen LogP contribution >= 0.6 is 0 Å². The topological polar surface area (TPSA) is 99.4 Å². The first-order valence-electron chi connectivity index (χ1n) is 6.57. The summed E-state index contributed by atoms with van der Waals surface area (Å²) in [5.74, 6) is 0.00271. The molecular weight excluding hydrogens is 288 g/mol. The summed E-state index contributed by atoms with van der Waals surface area (Å²) in [4.78, 5) is 0. The molecule has 0 saturated carbocycles. The number of methoxy groups -OCH3 is 2. The number of hydrogen-bond donors (Lipinski definition) is 4. The average Bonchev–Trinajstić information content (AvgIpc) is 2.55. The van der Waals surface area contributed by atoms with Crippen LogP contribution in [0.5, 0.6) is 23.0 Å². The van der Waals surface area contributed by atoms with Crippen LogP contribution in [-0.4, -0.2) is 34.6 Å².